The summed E-state index contributed by atoms with van der Waals surface area (Å²) in [5.41, 5.74) is 0. The van der Waals surface area contributed by atoms with Crippen molar-refractivity contribution < 1.29 is 4.74 Å². The summed E-state index contributed by atoms with van der Waals surface area (Å²) in [5.74, 6) is 0.951. The first-order valence-electron chi connectivity index (χ1n) is 5.63. The number of ether oxygens (including phenoxy) is 1. The maximum absolute atomic E-state index is 5.90. The lowest BCUT2D eigenvalue weighted by Gasteiger charge is -2.12. The normalized spacial score (nSPS) is 20.1. The first kappa shape index (κ1) is 9.60. The van der Waals surface area contributed by atoms with Crippen LogP contribution in [-0.2, 0) is 0 Å². The number of hydrogen-bond acceptors (Lipinski definition) is 3. The molecule has 3 nitrogen and oxygen atoms in total. The molecule has 0 amide bonds. The molecule has 0 aliphatic carbocycles. The molecular formula is C13H14N2O. The van der Waals surface area contributed by atoms with Gasteiger partial charge in [0.25, 0.3) is 0 Å². The van der Waals surface area contributed by atoms with E-state index in [4.69, 9.17) is 4.74 Å². The van der Waals surface area contributed by atoms with E-state index in [9.17, 15) is 0 Å². The van der Waals surface area contributed by atoms with E-state index < -0.39 is 0 Å². The van der Waals surface area contributed by atoms with Crippen LogP contribution in [0.15, 0.2) is 36.7 Å². The van der Waals surface area contributed by atoms with Gasteiger partial charge < -0.3 is 10.1 Å². The van der Waals surface area contributed by atoms with Gasteiger partial charge in [0.1, 0.15) is 11.9 Å². The molecule has 0 spiro atoms. The van der Waals surface area contributed by atoms with Gasteiger partial charge in [-0.05, 0) is 42.6 Å². The lowest BCUT2D eigenvalue weighted by atomic mass is 10.2. The molecule has 1 saturated heterocycles. The fourth-order valence-electron chi connectivity index (χ4n) is 2.06. The Morgan fingerprint density at radius 1 is 1.25 bits per heavy atom. The number of fused-ring (bicyclic) bond motifs is 1. The maximum Gasteiger partial charge on any atom is 0.120 e. The lowest BCUT2D eigenvalue weighted by Crippen LogP contribution is -2.19. The number of aromatic nitrogens is 1. The van der Waals surface area contributed by atoms with Crippen molar-refractivity contribution in [3.8, 4) is 5.75 Å². The van der Waals surface area contributed by atoms with E-state index in [-0.39, 0.29) is 0 Å². The van der Waals surface area contributed by atoms with Crippen LogP contribution in [0, 0.1) is 0 Å². The second-order valence-corrected chi connectivity index (χ2v) is 4.12. The number of benzene rings is 1. The van der Waals surface area contributed by atoms with E-state index in [1.54, 1.807) is 0 Å². The van der Waals surface area contributed by atoms with Crippen molar-refractivity contribution in [2.45, 2.75) is 12.5 Å². The Morgan fingerprint density at radius 2 is 2.25 bits per heavy atom. The van der Waals surface area contributed by atoms with E-state index in [1.807, 2.05) is 24.5 Å². The smallest absolute Gasteiger partial charge is 0.120 e. The summed E-state index contributed by atoms with van der Waals surface area (Å²) in [6.45, 7) is 2.01. The Labute approximate surface area is 94.5 Å². The molecule has 2 heterocycles. The molecule has 2 aromatic rings. The average molecular weight is 214 g/mol. The summed E-state index contributed by atoms with van der Waals surface area (Å²) >= 11 is 0. The van der Waals surface area contributed by atoms with Crippen molar-refractivity contribution in [1.29, 1.82) is 0 Å². The first-order valence-corrected chi connectivity index (χ1v) is 5.63. The molecule has 1 N–H and O–H groups in total. The van der Waals surface area contributed by atoms with Crippen LogP contribution in [-0.4, -0.2) is 24.2 Å². The molecule has 82 valence electrons. The van der Waals surface area contributed by atoms with Crippen molar-refractivity contribution in [3.63, 3.8) is 0 Å². The Hall–Kier alpha value is -1.61. The van der Waals surface area contributed by atoms with E-state index in [1.165, 1.54) is 5.39 Å². The van der Waals surface area contributed by atoms with Crippen molar-refractivity contribution in [3.05, 3.63) is 36.7 Å². The summed E-state index contributed by atoms with van der Waals surface area (Å²) in [7, 11) is 0. The lowest BCUT2D eigenvalue weighted by molar-refractivity contribution is 0.223. The molecule has 0 unspecified atom stereocenters. The summed E-state index contributed by atoms with van der Waals surface area (Å²) in [5, 5.41) is 5.63. The minimum atomic E-state index is 0.319. The topological polar surface area (TPSA) is 34.1 Å². The van der Waals surface area contributed by atoms with E-state index in [0.29, 0.717) is 6.10 Å². The zero-order valence-corrected chi connectivity index (χ0v) is 9.02. The highest BCUT2D eigenvalue weighted by atomic mass is 16.5. The van der Waals surface area contributed by atoms with Crippen LogP contribution in [0.1, 0.15) is 6.42 Å². The second-order valence-electron chi connectivity index (χ2n) is 4.12. The van der Waals surface area contributed by atoms with Crippen LogP contribution in [0.5, 0.6) is 5.75 Å². The van der Waals surface area contributed by atoms with Crippen LogP contribution >= 0.6 is 0 Å². The Kier molecular flexibility index (Phi) is 2.46. The highest BCUT2D eigenvalue weighted by molar-refractivity contribution is 5.82. The highest BCUT2D eigenvalue weighted by Gasteiger charge is 2.15. The second kappa shape index (κ2) is 4.10. The van der Waals surface area contributed by atoms with Crippen molar-refractivity contribution in [2.75, 3.05) is 13.1 Å². The molecule has 3 rings (SSSR count). The molecular weight excluding hydrogens is 200 g/mol. The number of nitrogens with zero attached hydrogens (tertiary/aromatic N) is 1. The summed E-state index contributed by atoms with van der Waals surface area (Å²) in [6, 6.07) is 8.16. The van der Waals surface area contributed by atoms with Crippen LogP contribution < -0.4 is 10.1 Å². The van der Waals surface area contributed by atoms with Gasteiger partial charge in [-0.2, -0.15) is 0 Å². The van der Waals surface area contributed by atoms with Gasteiger partial charge in [0.2, 0.25) is 0 Å². The molecule has 1 fully saturated rings. The van der Waals surface area contributed by atoms with Crippen LogP contribution in [0.25, 0.3) is 10.8 Å². The Morgan fingerprint density at radius 3 is 3.12 bits per heavy atom. The molecule has 16 heavy (non-hydrogen) atoms. The van der Waals surface area contributed by atoms with Gasteiger partial charge >= 0.3 is 0 Å². The number of pyridine rings is 1. The van der Waals surface area contributed by atoms with Crippen LogP contribution in [0.3, 0.4) is 0 Å². The molecule has 1 aliphatic rings. The molecule has 1 aromatic carbocycles. The maximum atomic E-state index is 5.90. The third kappa shape index (κ3) is 1.86. The zero-order chi connectivity index (χ0) is 10.8. The predicted octanol–water partition coefficient (Wildman–Crippen LogP) is 1.98. The van der Waals surface area contributed by atoms with Gasteiger partial charge in [0.05, 0.1) is 0 Å². The van der Waals surface area contributed by atoms with E-state index in [2.05, 4.69) is 22.4 Å². The van der Waals surface area contributed by atoms with Crippen molar-refractivity contribution >= 4 is 10.8 Å². The number of rotatable bonds is 2. The number of nitrogens with one attached hydrogen (secondary N) is 1. The summed E-state index contributed by atoms with van der Waals surface area (Å²) in [4.78, 5) is 4.10. The quantitative estimate of drug-likeness (QED) is 0.830. The van der Waals surface area contributed by atoms with Gasteiger partial charge in [-0.15, -0.1) is 0 Å². The minimum absolute atomic E-state index is 0.319. The standard InChI is InChI=1S/C13H14N2O/c1-2-12(16-13-4-6-15-9-13)7-10-3-5-14-8-11(1)10/h1-3,5,7-8,13,15H,4,6,9H2/t13-/m0/s1. The Balaban J connectivity index is 1.86. The largest absolute Gasteiger partial charge is 0.489 e. The SMILES string of the molecule is c1cc2cc(O[C@H]3CCNC3)ccc2cn1. The molecule has 1 aromatic heterocycles. The molecule has 0 bridgehead atoms. The zero-order valence-electron chi connectivity index (χ0n) is 9.02. The Bertz CT molecular complexity index is 492. The van der Waals surface area contributed by atoms with Gasteiger partial charge in [0, 0.05) is 24.3 Å². The van der Waals surface area contributed by atoms with Crippen LogP contribution in [0.4, 0.5) is 0 Å². The van der Waals surface area contributed by atoms with Crippen LogP contribution in [0.2, 0.25) is 0 Å². The van der Waals surface area contributed by atoms with E-state index >= 15 is 0 Å². The van der Waals surface area contributed by atoms with Gasteiger partial charge in [0.15, 0.2) is 0 Å². The molecule has 3 heteroatoms. The van der Waals surface area contributed by atoms with Gasteiger partial charge in [-0.25, -0.2) is 0 Å². The highest BCUT2D eigenvalue weighted by Crippen LogP contribution is 2.21. The molecule has 0 saturated carbocycles. The third-order valence-corrected chi connectivity index (χ3v) is 2.93. The third-order valence-electron chi connectivity index (χ3n) is 2.93. The van der Waals surface area contributed by atoms with Crippen molar-refractivity contribution in [1.82, 2.24) is 10.3 Å². The summed E-state index contributed by atoms with van der Waals surface area (Å²) in [6.07, 6.45) is 5.09. The fraction of sp³-hybridized carbons (Fsp3) is 0.308. The number of hydrogen-bond donors (Lipinski definition) is 1. The molecule has 1 aliphatic heterocycles. The monoisotopic (exact) mass is 214 g/mol. The van der Waals surface area contributed by atoms with Gasteiger partial charge in [-0.3, -0.25) is 4.98 Å². The molecule has 0 radical (unpaired) electrons. The summed E-state index contributed by atoms with van der Waals surface area (Å²) < 4.78 is 5.90. The molecule has 1 atom stereocenters. The fourth-order valence-corrected chi connectivity index (χ4v) is 2.06. The predicted molar refractivity (Wildman–Crippen MR) is 63.6 cm³/mol. The average Bonchev–Trinajstić information content (AvgIpc) is 2.82. The minimum Gasteiger partial charge on any atom is -0.489 e. The van der Waals surface area contributed by atoms with Gasteiger partial charge in [-0.1, -0.05) is 0 Å². The first-order chi connectivity index (χ1) is 7.92. The van der Waals surface area contributed by atoms with E-state index in [0.717, 1.165) is 30.6 Å². The van der Waals surface area contributed by atoms with Crippen molar-refractivity contribution in [2.24, 2.45) is 0 Å².